The van der Waals surface area contributed by atoms with Gasteiger partial charge in [-0.25, -0.2) is 18.2 Å². The molecular formula is C22H24N4O4S2. The van der Waals surface area contributed by atoms with Crippen LogP contribution >= 0.6 is 11.3 Å². The van der Waals surface area contributed by atoms with Crippen molar-refractivity contribution >= 4 is 48.5 Å². The summed E-state index contributed by atoms with van der Waals surface area (Å²) in [5.74, 6) is 0.0166. The molecule has 0 atom stereocenters. The Morgan fingerprint density at radius 3 is 2.53 bits per heavy atom. The van der Waals surface area contributed by atoms with Gasteiger partial charge in [-0.15, -0.1) is 0 Å². The second-order valence-electron chi connectivity index (χ2n) is 7.81. The van der Waals surface area contributed by atoms with Gasteiger partial charge in [0.05, 0.1) is 15.1 Å². The van der Waals surface area contributed by atoms with E-state index in [1.165, 1.54) is 22.5 Å². The highest BCUT2D eigenvalue weighted by atomic mass is 32.2. The molecule has 3 amide bonds. The summed E-state index contributed by atoms with van der Waals surface area (Å²) in [6.07, 6.45) is 3.40. The van der Waals surface area contributed by atoms with Crippen molar-refractivity contribution < 1.29 is 18.0 Å². The normalized spacial score (nSPS) is 14.1. The first-order chi connectivity index (χ1) is 15.2. The summed E-state index contributed by atoms with van der Waals surface area (Å²) in [6.45, 7) is 1.70. The van der Waals surface area contributed by atoms with E-state index < -0.39 is 15.9 Å². The lowest BCUT2D eigenvalue weighted by molar-refractivity contribution is -0.129. The van der Waals surface area contributed by atoms with Crippen LogP contribution in [0.15, 0.2) is 47.4 Å². The number of hydrogen-bond acceptors (Lipinski definition) is 6. The van der Waals surface area contributed by atoms with Crippen LogP contribution in [-0.2, 0) is 14.6 Å². The Balaban J connectivity index is 1.58. The number of benzene rings is 2. The molecule has 1 aromatic heterocycles. The Kier molecular flexibility index (Phi) is 6.16. The van der Waals surface area contributed by atoms with Gasteiger partial charge in [-0.3, -0.25) is 9.69 Å². The van der Waals surface area contributed by atoms with Crippen LogP contribution in [0.5, 0.6) is 0 Å². The van der Waals surface area contributed by atoms with Crippen molar-refractivity contribution in [2.24, 2.45) is 5.73 Å². The molecule has 1 fully saturated rings. The van der Waals surface area contributed by atoms with E-state index in [1.807, 2.05) is 29.2 Å². The SMILES string of the molecule is CS(=O)(=O)c1cccc(-c2ccc3nc(N(CCC(=O)N4CCCC4)C(N)=O)sc3c2)c1. The van der Waals surface area contributed by atoms with Gasteiger partial charge in [0.1, 0.15) is 0 Å². The Morgan fingerprint density at radius 2 is 1.84 bits per heavy atom. The van der Waals surface area contributed by atoms with E-state index in [2.05, 4.69) is 4.98 Å². The monoisotopic (exact) mass is 472 g/mol. The molecule has 2 heterocycles. The van der Waals surface area contributed by atoms with Crippen LogP contribution in [0.1, 0.15) is 19.3 Å². The molecule has 32 heavy (non-hydrogen) atoms. The number of urea groups is 1. The van der Waals surface area contributed by atoms with Gasteiger partial charge >= 0.3 is 6.03 Å². The number of carbonyl (C=O) groups excluding carboxylic acids is 2. The molecule has 4 rings (SSSR count). The number of anilines is 1. The van der Waals surface area contributed by atoms with Gasteiger partial charge in [-0.1, -0.05) is 29.5 Å². The van der Waals surface area contributed by atoms with Crippen LogP contribution in [0.2, 0.25) is 0 Å². The van der Waals surface area contributed by atoms with Gasteiger partial charge in [0.2, 0.25) is 5.91 Å². The van der Waals surface area contributed by atoms with Crippen LogP contribution in [-0.4, -0.2) is 56.1 Å². The number of sulfone groups is 1. The van der Waals surface area contributed by atoms with Gasteiger partial charge in [0.25, 0.3) is 0 Å². The number of fused-ring (bicyclic) bond motifs is 1. The minimum atomic E-state index is -3.31. The van der Waals surface area contributed by atoms with E-state index in [0.717, 1.165) is 41.8 Å². The quantitative estimate of drug-likeness (QED) is 0.591. The summed E-state index contributed by atoms with van der Waals surface area (Å²) in [4.78, 5) is 32.4. The Bertz CT molecular complexity index is 1280. The number of primary amides is 1. The predicted molar refractivity (Wildman–Crippen MR) is 126 cm³/mol. The summed E-state index contributed by atoms with van der Waals surface area (Å²) in [5, 5.41) is 0.434. The molecular weight excluding hydrogens is 448 g/mol. The fourth-order valence-electron chi connectivity index (χ4n) is 3.75. The van der Waals surface area contributed by atoms with E-state index in [1.54, 1.807) is 18.2 Å². The molecule has 1 saturated heterocycles. The largest absolute Gasteiger partial charge is 0.351 e. The molecule has 168 valence electrons. The fraction of sp³-hybridized carbons (Fsp3) is 0.318. The Morgan fingerprint density at radius 1 is 1.12 bits per heavy atom. The summed E-state index contributed by atoms with van der Waals surface area (Å²) in [6, 6.07) is 11.7. The second-order valence-corrected chi connectivity index (χ2v) is 10.8. The lowest BCUT2D eigenvalue weighted by Crippen LogP contribution is -2.39. The number of nitrogens with zero attached hydrogens (tertiary/aromatic N) is 3. The maximum absolute atomic E-state index is 12.4. The van der Waals surface area contributed by atoms with Crippen molar-refractivity contribution in [3.05, 3.63) is 42.5 Å². The molecule has 3 aromatic rings. The van der Waals surface area contributed by atoms with Crippen molar-refractivity contribution in [2.45, 2.75) is 24.2 Å². The zero-order valence-corrected chi connectivity index (χ0v) is 19.3. The standard InChI is InChI=1S/C22H24N4O4S2/c1-32(29,30)17-6-4-5-15(13-17)16-7-8-18-19(14-16)31-22(24-18)26(21(23)28)12-9-20(27)25-10-2-3-11-25/h4-8,13-14H,2-3,9-12H2,1H3,(H2,23,28). The fourth-order valence-corrected chi connectivity index (χ4v) is 5.45. The molecule has 0 unspecified atom stereocenters. The van der Waals surface area contributed by atoms with Crippen LogP contribution in [0.25, 0.3) is 21.3 Å². The number of hydrogen-bond donors (Lipinski definition) is 1. The third-order valence-electron chi connectivity index (χ3n) is 5.48. The third kappa shape index (κ3) is 4.76. The van der Waals surface area contributed by atoms with Crippen molar-refractivity contribution in [3.8, 4) is 11.1 Å². The average Bonchev–Trinajstić information content (AvgIpc) is 3.42. The van der Waals surface area contributed by atoms with Crippen LogP contribution < -0.4 is 10.6 Å². The molecule has 1 aliphatic heterocycles. The second kappa shape index (κ2) is 8.87. The smallest absolute Gasteiger partial charge is 0.321 e. The van der Waals surface area contributed by atoms with Crippen LogP contribution in [0, 0.1) is 0 Å². The van der Waals surface area contributed by atoms with Crippen molar-refractivity contribution in [1.29, 1.82) is 0 Å². The molecule has 2 aromatic carbocycles. The van der Waals surface area contributed by atoms with Gasteiger partial charge in [-0.05, 0) is 48.2 Å². The number of carbonyl (C=O) groups is 2. The van der Waals surface area contributed by atoms with Crippen molar-refractivity contribution in [2.75, 3.05) is 30.8 Å². The highest BCUT2D eigenvalue weighted by Crippen LogP contribution is 2.33. The first-order valence-corrected chi connectivity index (χ1v) is 13.0. The lowest BCUT2D eigenvalue weighted by atomic mass is 10.1. The number of amides is 3. The van der Waals surface area contributed by atoms with E-state index in [9.17, 15) is 18.0 Å². The Hall–Kier alpha value is -2.98. The zero-order valence-electron chi connectivity index (χ0n) is 17.7. The molecule has 2 N–H and O–H groups in total. The third-order valence-corrected chi connectivity index (χ3v) is 7.63. The summed E-state index contributed by atoms with van der Waals surface area (Å²) in [5.41, 5.74) is 7.89. The molecule has 0 spiro atoms. The number of nitrogens with two attached hydrogens (primary N) is 1. The van der Waals surface area contributed by atoms with Gasteiger partial charge in [0.15, 0.2) is 15.0 Å². The first-order valence-electron chi connectivity index (χ1n) is 10.3. The molecule has 1 aliphatic rings. The average molecular weight is 473 g/mol. The lowest BCUT2D eigenvalue weighted by Gasteiger charge is -2.19. The van der Waals surface area contributed by atoms with Crippen molar-refractivity contribution in [3.63, 3.8) is 0 Å². The van der Waals surface area contributed by atoms with Gasteiger partial charge < -0.3 is 10.6 Å². The summed E-state index contributed by atoms with van der Waals surface area (Å²) < 4.78 is 24.6. The van der Waals surface area contributed by atoms with E-state index in [0.29, 0.717) is 10.6 Å². The van der Waals surface area contributed by atoms with E-state index in [4.69, 9.17) is 5.73 Å². The molecule has 10 heteroatoms. The number of rotatable bonds is 6. The molecule has 0 saturated carbocycles. The molecule has 0 radical (unpaired) electrons. The maximum Gasteiger partial charge on any atom is 0.321 e. The minimum Gasteiger partial charge on any atom is -0.351 e. The zero-order chi connectivity index (χ0) is 22.9. The molecule has 0 aliphatic carbocycles. The maximum atomic E-state index is 12.4. The highest BCUT2D eigenvalue weighted by Gasteiger charge is 2.22. The van der Waals surface area contributed by atoms with Gasteiger partial charge in [-0.2, -0.15) is 0 Å². The molecule has 8 nitrogen and oxygen atoms in total. The predicted octanol–water partition coefficient (Wildman–Crippen LogP) is 3.26. The van der Waals surface area contributed by atoms with E-state index in [-0.39, 0.29) is 23.8 Å². The summed E-state index contributed by atoms with van der Waals surface area (Å²) in [7, 11) is -3.31. The van der Waals surface area contributed by atoms with E-state index >= 15 is 0 Å². The minimum absolute atomic E-state index is 0.0166. The first kappa shape index (κ1) is 22.2. The summed E-state index contributed by atoms with van der Waals surface area (Å²) >= 11 is 1.31. The van der Waals surface area contributed by atoms with Crippen LogP contribution in [0.3, 0.4) is 0 Å². The topological polar surface area (TPSA) is 114 Å². The Labute approximate surface area is 190 Å². The van der Waals surface area contributed by atoms with Crippen molar-refractivity contribution in [1.82, 2.24) is 9.88 Å². The number of aromatic nitrogens is 1. The van der Waals surface area contributed by atoms with Gasteiger partial charge in [0, 0.05) is 32.3 Å². The van der Waals surface area contributed by atoms with Crippen LogP contribution in [0.4, 0.5) is 9.93 Å². The highest BCUT2D eigenvalue weighted by molar-refractivity contribution is 7.90. The number of thiazole rings is 1. The number of likely N-dealkylation sites (tertiary alicyclic amines) is 1. The molecule has 0 bridgehead atoms.